The van der Waals surface area contributed by atoms with Gasteiger partial charge in [-0.3, -0.25) is 9.80 Å². The monoisotopic (exact) mass is 2140 g/mol. The predicted octanol–water partition coefficient (Wildman–Crippen LogP) is 24.9. The molecule has 9 atom stereocenters. The van der Waals surface area contributed by atoms with Crippen LogP contribution in [0.4, 0.5) is 51.5 Å². The molecule has 17 aromatic rings. The molecule has 9 aromatic heterocycles. The second kappa shape index (κ2) is 39.6. The van der Waals surface area contributed by atoms with Gasteiger partial charge in [-0.2, -0.15) is 19.9 Å². The maximum Gasteiger partial charge on any atom is 0.414 e. The zero-order valence-electron chi connectivity index (χ0n) is 152. The summed E-state index contributed by atoms with van der Waals surface area (Å²) >= 11 is 0. The van der Waals surface area contributed by atoms with Crippen LogP contribution in [0.5, 0.6) is 40.8 Å². The molecule has 2 amide bonds. The number of amides is 2. The molecular weight excluding hydrogens is 1890 g/mol. The van der Waals surface area contributed by atoms with Crippen LogP contribution in [0.2, 0.25) is 0 Å². The molecule has 37 nitrogen and oxygen atoms in total. The Hall–Kier alpha value is -15.1. The number of methoxy groups -OCH3 is 2. The highest BCUT2D eigenvalue weighted by molar-refractivity contribution is 7.91. The largest absolute Gasteiger partial charge is 0.508 e. The van der Waals surface area contributed by atoms with Crippen molar-refractivity contribution in [2.45, 2.75) is 119 Å². The van der Waals surface area contributed by atoms with Gasteiger partial charge in [-0.25, -0.2) is 79.5 Å². The number of fused-ring (bicyclic) bond motifs is 15. The first kappa shape index (κ1) is 63.7. The zero-order valence-corrected chi connectivity index (χ0v) is 81.5. The summed E-state index contributed by atoms with van der Waals surface area (Å²) < 4.78 is 494. The van der Waals surface area contributed by atoms with E-state index >= 15 is 8.78 Å². The third kappa shape index (κ3) is 20.5. The zero-order chi connectivity index (χ0) is 173. The van der Waals surface area contributed by atoms with E-state index in [1.165, 1.54) is 88.9 Å². The lowest BCUT2D eigenvalue weighted by molar-refractivity contribution is 0.0579. The fourth-order valence-corrected chi connectivity index (χ4v) is 22.0. The van der Waals surface area contributed by atoms with E-state index in [1.54, 1.807) is 147 Å². The van der Waals surface area contributed by atoms with Crippen molar-refractivity contribution in [2.24, 2.45) is 52.7 Å². The van der Waals surface area contributed by atoms with Crippen LogP contribution in [0.3, 0.4) is 0 Å². The molecule has 3 aliphatic heterocycles. The number of hydrogen-bond donors (Lipinski definition) is 9. The number of carbonyl (C=O) groups is 2. The lowest BCUT2D eigenvalue weighted by atomic mass is 9.72. The standard InChI is InChI=1S/C32H33FN4O8S2.C30H31FN8O3.C25H23FN8O.C8H6N2O.C6H12N2.CH4.36H2/c1-32(2,3)45-31(38)37(4)25-16-21(33)15-24-26-28(34-27(24)25)35-30(47(41,42)18-20-9-13-23(44-6)14-10-20)36-29(26)46(39,40)17-19-7-11-22(43-5)12-8-19;1-30(2,3)42-29(40)38(4)23-9-17(31)8-19-24-26(35-25(19)23)36-28(37-27(24)39-12-16-7-21(32)20(16)13-39)41-18-6-5-15-11-33-14-34-22(15)10-18;1-28-20-6-14(26)5-16-21-23(31-22(16)20)32-25(33-24(21)34-9-13-4-18(27)17(13)10-34)35-15-3-2-12-8-29-11-30-19(12)7-15;11-7-2-1-6-4-9-5-10-8(6)3-7;7-6-1-4-2-8-3-5(4)6;;;;;;;;;;;;;;;;;;;;;;;;;;;;;;;;;;;;;/h7-16H,17-18H2,1-6H3,(H,34,35,36);5-6,8-11,14,16,20-21H,7,12-13,32H2,1-4H3,(H,35,36,37);2-3,5-8,11,13,17-18,28H,4,9-10,27H2,1H3,(H,31,32,33);1-5,11H;4-6,8H,1-3,7H2;1H4;36*1H/t;16-,20+,21-;13-,17+,18-;;4?,5-,6+;;;;;;;;;;;;;;;;;;;;;;;;;;;;;;;;;;;;;/m.11.0...................................../s1/i;;;;;;36*1+1D. The smallest absolute Gasteiger partial charge is 0.414 e. The predicted molar refractivity (Wildman–Crippen MR) is 620 cm³/mol. The molecule has 8 aromatic carbocycles. The Morgan fingerprint density at radius 3 is 1.34 bits per heavy atom. The van der Waals surface area contributed by atoms with Crippen molar-refractivity contribution in [1.82, 2.24) is 80.1 Å². The molecule has 6 fully saturated rings. The Kier molecular flexibility index (Phi) is 17.5. The number of carbonyl (C=O) groups excluding carboxylic acids is 2. The van der Waals surface area contributed by atoms with Crippen molar-refractivity contribution >= 4 is 159 Å². The van der Waals surface area contributed by atoms with Gasteiger partial charge in [0.05, 0.1) is 92.0 Å². The summed E-state index contributed by atoms with van der Waals surface area (Å²) in [4.78, 5) is 94.3. The molecule has 0 bridgehead atoms. The maximum absolute atomic E-state index is 15.2. The Morgan fingerprint density at radius 2 is 0.910 bits per heavy atom. The molecule has 1 unspecified atom stereocenters. The molecule has 144 heavy (non-hydrogen) atoms. The van der Waals surface area contributed by atoms with Crippen LogP contribution in [-0.2, 0) is 40.7 Å². The van der Waals surface area contributed by atoms with Crippen molar-refractivity contribution < 1.29 is 180 Å². The van der Waals surface area contributed by atoms with E-state index < -0.39 is 76.4 Å². The maximum atomic E-state index is 15.2. The van der Waals surface area contributed by atoms with Crippen LogP contribution in [0.15, 0.2) is 187 Å². The number of nitrogens with two attached hydrogens (primary N) is 3. The van der Waals surface area contributed by atoms with E-state index in [-0.39, 0.29) is 70.7 Å². The molecule has 820 valence electrons. The number of aromatic hydroxyl groups is 1. The number of phenolic OH excluding ortho intramolecular Hbond substituents is 1. The highest BCUT2D eigenvalue weighted by Gasteiger charge is 2.48. The van der Waals surface area contributed by atoms with Gasteiger partial charge in [-0.05, 0) is 218 Å². The Morgan fingerprint density at radius 1 is 0.500 bits per heavy atom. The summed E-state index contributed by atoms with van der Waals surface area (Å²) in [6.07, 6.45) is 11.5. The molecule has 42 heteroatoms. The molecular formula is C102H181F3N24O13S2. The first-order valence-electron chi connectivity index (χ1n) is 82.4. The van der Waals surface area contributed by atoms with Crippen LogP contribution in [-0.4, -0.2) is 213 Å². The molecule has 12 N–H and O–H groups in total. The number of rotatable bonds is 17. The third-order valence-corrected chi connectivity index (χ3v) is 29.6. The molecule has 3 saturated carbocycles. The number of sulfone groups is 2. The average molecular weight is 2150 g/mol. The SMILES string of the molecule is C.CN(C(=O)OC(C)(C)C)c1cc(F)cc2c1[nH]c1nc(Oc3ccc4cncnc4c3)nc(N3C[C@H]4C[C@@H](N)[C@H]4C3)c12.CNc1cc(F)cc2c1[nH]c1nc(Oc3ccc4cncnc4c3)nc(N3C[C@H]4C[C@@H](N)[C@H]4C3)c12.COc1ccc(CS(=O)(=O)c2nc(S(=O)(=O)Cc3ccc(OC)cc3)c3c(n2)[nH]c2c(N(C)C(=O)OC(C)(C)C)cc(F)cc23)cc1.N[C@@H]1CC2CNC[C@@H]21.Oc1ccc2cncnc2c1.[2H][2H].[2H][2H].[2H][2H].[2H][2H].[2H][2H].[2H][2H].[2H][2H].[2H][2H].[2H][2H].[2H][2H].[2H][2H].[2H][2H].[2H][2H].[2H][2H].[2H][2H].[2H][2H].[2H][2H].[2H][2H].[2H][2H].[2H][2H].[2H][2H].[2H][2H].[2H][2H].[2H][2H].[2H][2H].[2H][2H].[2H][2H].[2H][2H].[2H][2H].[2H][2H].[2H][2H].[2H][2H].[2H][2H].[2H][2H].[2H][2H].[2H][2H]. The number of ether oxygens (including phenoxy) is 6. The van der Waals surface area contributed by atoms with Crippen molar-refractivity contribution in [1.29, 1.82) is 0 Å². The second-order valence-electron chi connectivity index (χ2n) is 38.5. The lowest BCUT2D eigenvalue weighted by Crippen LogP contribution is -2.46. The van der Waals surface area contributed by atoms with Gasteiger partial charge in [-0.15, -0.1) is 0 Å². The number of anilines is 5. The van der Waals surface area contributed by atoms with Gasteiger partial charge in [0.25, 0.3) is 5.16 Å². The lowest BCUT2D eigenvalue weighted by Gasteiger charge is -2.36. The van der Waals surface area contributed by atoms with Crippen molar-refractivity contribution in [2.75, 3.05) is 99.5 Å². The number of hydrogen-bond acceptors (Lipinski definition) is 32. The number of aromatic amines is 3. The minimum atomic E-state index is -4.39. The highest BCUT2D eigenvalue weighted by atomic mass is 32.2. The fraction of sp³-hybridized carbons (Fsp3) is 0.333. The number of nitrogens with one attached hydrogen (secondary N) is 5. The van der Waals surface area contributed by atoms with Crippen LogP contribution in [0, 0.1) is 53.0 Å². The van der Waals surface area contributed by atoms with Gasteiger partial charge in [0, 0.05) is 241 Å². The summed E-state index contributed by atoms with van der Waals surface area (Å²) in [5.74, 6) is 4.60. The van der Waals surface area contributed by atoms with E-state index in [0.717, 1.165) is 123 Å². The molecule has 3 aliphatic carbocycles. The van der Waals surface area contributed by atoms with E-state index in [4.69, 9.17) is 173 Å². The number of benzene rings is 8. The molecule has 23 rings (SSSR count). The van der Waals surface area contributed by atoms with Crippen LogP contribution < -0.4 is 66.4 Å². The van der Waals surface area contributed by atoms with Crippen molar-refractivity contribution in [3.63, 3.8) is 0 Å². The topological polar surface area (TPSA) is 495 Å². The second-order valence-corrected chi connectivity index (χ2v) is 42.3. The van der Waals surface area contributed by atoms with E-state index in [1.807, 2.05) is 30.3 Å². The first-order chi connectivity index (χ1) is 104. The van der Waals surface area contributed by atoms with E-state index in [2.05, 4.69) is 80.2 Å². The van der Waals surface area contributed by atoms with Gasteiger partial charge in [0.1, 0.15) is 105 Å². The summed E-state index contributed by atoms with van der Waals surface area (Å²) in [5.41, 5.74) is 23.0. The third-order valence-electron chi connectivity index (χ3n) is 26.5. The van der Waals surface area contributed by atoms with E-state index in [9.17, 15) is 30.8 Å². The van der Waals surface area contributed by atoms with Gasteiger partial charge in [-0.1, -0.05) is 31.7 Å². The van der Waals surface area contributed by atoms with Crippen LogP contribution in [0.1, 0.15) is 186 Å². The summed E-state index contributed by atoms with van der Waals surface area (Å²) in [6, 6.07) is 37.8. The molecule has 3 saturated heterocycles. The Labute approximate surface area is 936 Å². The van der Waals surface area contributed by atoms with Crippen LogP contribution >= 0.6 is 0 Å². The van der Waals surface area contributed by atoms with Gasteiger partial charge in [0.15, 0.2) is 5.03 Å². The number of nitrogens with zero attached hydrogens (tertiary/aromatic N) is 16. The molecule has 0 radical (unpaired) electrons. The highest BCUT2D eigenvalue weighted by Crippen LogP contribution is 2.49. The molecule has 12 heterocycles. The summed E-state index contributed by atoms with van der Waals surface area (Å²) in [5, 5.41) is 19.5. The number of phenols is 1. The quantitative estimate of drug-likeness (QED) is 0.0302. The minimum Gasteiger partial charge on any atom is -0.508 e. The Balaban J connectivity index is -0.000000124. The van der Waals surface area contributed by atoms with Gasteiger partial charge >= 0.3 is 24.2 Å². The van der Waals surface area contributed by atoms with Crippen LogP contribution in [0.25, 0.3) is 98.5 Å². The summed E-state index contributed by atoms with van der Waals surface area (Å²) in [6.45, 7) is 15.9. The number of aromatic nitrogens is 15. The number of halogens is 3. The molecule has 0 spiro atoms. The normalized spacial score (nSPS) is 20.8. The summed E-state index contributed by atoms with van der Waals surface area (Å²) in [7, 11) is -1.07. The van der Waals surface area contributed by atoms with Gasteiger partial charge < -0.3 is 86.1 Å². The average Bonchev–Trinajstić information content (AvgIpc) is 1.58. The first-order valence-corrected chi connectivity index (χ1v) is 49.7. The van der Waals surface area contributed by atoms with Gasteiger partial charge in [0.2, 0.25) is 19.7 Å². The van der Waals surface area contributed by atoms with Crippen molar-refractivity contribution in [3.8, 4) is 40.8 Å². The minimum absolute atomic E-state index is 0. The number of H-pyrrole nitrogens is 3. The van der Waals surface area contributed by atoms with E-state index in [0.29, 0.717) is 109 Å². The Bertz CT molecular complexity index is 8240. The van der Waals surface area contributed by atoms with Crippen molar-refractivity contribution in [3.05, 3.63) is 206 Å². The molecule has 6 aliphatic rings. The fourth-order valence-electron chi connectivity index (χ4n) is 19.2.